The molecular weight excluding hydrogens is 334 g/mol. The van der Waals surface area contributed by atoms with Crippen molar-refractivity contribution in [2.45, 2.75) is 13.8 Å². The van der Waals surface area contributed by atoms with Crippen LogP contribution < -0.4 is 10.2 Å². The Morgan fingerprint density at radius 2 is 1.88 bits per heavy atom. The number of hydrogen-bond acceptors (Lipinski definition) is 5. The van der Waals surface area contributed by atoms with Gasteiger partial charge in [-0.05, 0) is 37.6 Å². The first-order chi connectivity index (χ1) is 12.5. The molecule has 26 heavy (non-hydrogen) atoms. The van der Waals surface area contributed by atoms with Gasteiger partial charge in [-0.1, -0.05) is 17.7 Å². The summed E-state index contributed by atoms with van der Waals surface area (Å²) in [5.74, 6) is -0.367. The van der Waals surface area contributed by atoms with Crippen LogP contribution in [-0.2, 0) is 4.74 Å². The van der Waals surface area contributed by atoms with Crippen molar-refractivity contribution in [1.82, 2.24) is 0 Å². The van der Waals surface area contributed by atoms with E-state index < -0.39 is 4.92 Å². The van der Waals surface area contributed by atoms with Gasteiger partial charge in [-0.25, -0.2) is 0 Å². The van der Waals surface area contributed by atoms with Crippen molar-refractivity contribution in [3.05, 3.63) is 63.2 Å². The fraction of sp³-hybridized carbons (Fsp3) is 0.316. The van der Waals surface area contributed by atoms with Crippen molar-refractivity contribution in [1.29, 1.82) is 0 Å². The van der Waals surface area contributed by atoms with Crippen LogP contribution in [0.2, 0.25) is 0 Å². The normalized spacial score (nSPS) is 14.2. The van der Waals surface area contributed by atoms with Gasteiger partial charge < -0.3 is 15.0 Å². The minimum atomic E-state index is -0.446. The van der Waals surface area contributed by atoms with E-state index in [4.69, 9.17) is 4.74 Å². The highest BCUT2D eigenvalue weighted by Gasteiger charge is 2.23. The number of rotatable bonds is 4. The average molecular weight is 355 g/mol. The Morgan fingerprint density at radius 1 is 1.15 bits per heavy atom. The number of ether oxygens (including phenoxy) is 1. The Bertz CT molecular complexity index is 845. The number of anilines is 2. The van der Waals surface area contributed by atoms with Crippen LogP contribution in [-0.4, -0.2) is 37.1 Å². The topological polar surface area (TPSA) is 84.7 Å². The van der Waals surface area contributed by atoms with Crippen LogP contribution >= 0.6 is 0 Å². The summed E-state index contributed by atoms with van der Waals surface area (Å²) in [7, 11) is 0. The zero-order chi connectivity index (χ0) is 18.7. The standard InChI is InChI=1S/C19H21N3O4/c1-13-3-5-16(14(2)11-13)20-19(23)15-4-6-17(18(12-15)22(24)25)21-7-9-26-10-8-21/h3-6,11-12H,7-10H2,1-2H3,(H,20,23). The van der Waals surface area contributed by atoms with E-state index in [9.17, 15) is 14.9 Å². The van der Waals surface area contributed by atoms with Gasteiger partial charge >= 0.3 is 0 Å². The number of aryl methyl sites for hydroxylation is 2. The van der Waals surface area contributed by atoms with Gasteiger partial charge in [-0.15, -0.1) is 0 Å². The largest absolute Gasteiger partial charge is 0.378 e. The summed E-state index contributed by atoms with van der Waals surface area (Å²) in [6, 6.07) is 10.3. The van der Waals surface area contributed by atoms with Crippen LogP contribution in [0, 0.1) is 24.0 Å². The third-order valence-electron chi connectivity index (χ3n) is 4.42. The van der Waals surface area contributed by atoms with Gasteiger partial charge in [0, 0.05) is 30.4 Å². The second-order valence-corrected chi connectivity index (χ2v) is 6.33. The van der Waals surface area contributed by atoms with Crippen molar-refractivity contribution >= 4 is 23.0 Å². The smallest absolute Gasteiger partial charge is 0.293 e. The maximum Gasteiger partial charge on any atom is 0.293 e. The minimum Gasteiger partial charge on any atom is -0.378 e. The maximum atomic E-state index is 12.5. The second kappa shape index (κ2) is 7.53. The van der Waals surface area contributed by atoms with Gasteiger partial charge in [0.15, 0.2) is 0 Å². The summed E-state index contributed by atoms with van der Waals surface area (Å²) in [5.41, 5.74) is 3.44. The van der Waals surface area contributed by atoms with Gasteiger partial charge in [-0.2, -0.15) is 0 Å². The Labute approximate surface area is 151 Å². The first kappa shape index (κ1) is 17.9. The Morgan fingerprint density at radius 3 is 2.54 bits per heavy atom. The molecule has 1 amide bonds. The summed E-state index contributed by atoms with van der Waals surface area (Å²) in [6.45, 7) is 6.14. The molecule has 2 aromatic carbocycles. The Balaban J connectivity index is 1.86. The quantitative estimate of drug-likeness (QED) is 0.672. The van der Waals surface area contributed by atoms with E-state index in [1.165, 1.54) is 6.07 Å². The maximum absolute atomic E-state index is 12.5. The highest BCUT2D eigenvalue weighted by atomic mass is 16.6. The molecule has 1 saturated heterocycles. The third-order valence-corrected chi connectivity index (χ3v) is 4.42. The molecule has 0 unspecified atom stereocenters. The van der Waals surface area contributed by atoms with Crippen molar-refractivity contribution in [3.8, 4) is 0 Å². The Kier molecular flexibility index (Phi) is 5.18. The number of nitro groups is 1. The monoisotopic (exact) mass is 355 g/mol. The zero-order valence-corrected chi connectivity index (χ0v) is 14.8. The SMILES string of the molecule is Cc1ccc(NC(=O)c2ccc(N3CCOCC3)c([N+](=O)[O-])c2)c(C)c1. The molecule has 7 heteroatoms. The number of benzene rings is 2. The van der Waals surface area contributed by atoms with E-state index in [0.717, 1.165) is 11.1 Å². The number of carbonyl (C=O) groups excluding carboxylic acids is 1. The van der Waals surface area contributed by atoms with Gasteiger partial charge in [0.25, 0.3) is 11.6 Å². The molecular formula is C19H21N3O4. The number of amides is 1. The van der Waals surface area contributed by atoms with Crippen LogP contribution in [0.1, 0.15) is 21.5 Å². The fourth-order valence-corrected chi connectivity index (χ4v) is 3.03. The number of hydrogen-bond donors (Lipinski definition) is 1. The lowest BCUT2D eigenvalue weighted by molar-refractivity contribution is -0.384. The van der Waals surface area contributed by atoms with E-state index in [0.29, 0.717) is 37.7 Å². The van der Waals surface area contributed by atoms with E-state index in [2.05, 4.69) is 5.32 Å². The lowest BCUT2D eigenvalue weighted by Crippen LogP contribution is -2.36. The number of carbonyl (C=O) groups is 1. The number of nitro benzene ring substituents is 1. The first-order valence-corrected chi connectivity index (χ1v) is 8.45. The molecule has 1 N–H and O–H groups in total. The summed E-state index contributed by atoms with van der Waals surface area (Å²) in [4.78, 5) is 25.5. The van der Waals surface area contributed by atoms with E-state index in [1.54, 1.807) is 12.1 Å². The van der Waals surface area contributed by atoms with Gasteiger partial charge in [0.1, 0.15) is 5.69 Å². The Hall–Kier alpha value is -2.93. The first-order valence-electron chi connectivity index (χ1n) is 8.45. The average Bonchev–Trinajstić information content (AvgIpc) is 2.64. The van der Waals surface area contributed by atoms with E-state index in [-0.39, 0.29) is 17.2 Å². The van der Waals surface area contributed by atoms with Crippen LogP contribution in [0.25, 0.3) is 0 Å². The predicted octanol–water partition coefficient (Wildman–Crippen LogP) is 3.30. The molecule has 1 aliphatic rings. The van der Waals surface area contributed by atoms with E-state index in [1.807, 2.05) is 36.9 Å². The molecule has 0 bridgehead atoms. The van der Waals surface area contributed by atoms with Crippen LogP contribution in [0.5, 0.6) is 0 Å². The number of nitrogens with zero attached hydrogens (tertiary/aromatic N) is 2. The van der Waals surface area contributed by atoms with Crippen LogP contribution in [0.4, 0.5) is 17.1 Å². The molecule has 0 aromatic heterocycles. The fourth-order valence-electron chi connectivity index (χ4n) is 3.03. The van der Waals surface area contributed by atoms with Crippen molar-refractivity contribution < 1.29 is 14.5 Å². The molecule has 7 nitrogen and oxygen atoms in total. The lowest BCUT2D eigenvalue weighted by Gasteiger charge is -2.28. The molecule has 0 spiro atoms. The summed E-state index contributed by atoms with van der Waals surface area (Å²) >= 11 is 0. The third kappa shape index (κ3) is 3.83. The second-order valence-electron chi connectivity index (χ2n) is 6.33. The highest BCUT2D eigenvalue weighted by molar-refractivity contribution is 6.05. The van der Waals surface area contributed by atoms with Gasteiger partial charge in [0.2, 0.25) is 0 Å². The summed E-state index contributed by atoms with van der Waals surface area (Å²) in [6.07, 6.45) is 0. The van der Waals surface area contributed by atoms with Crippen molar-refractivity contribution in [2.75, 3.05) is 36.5 Å². The highest BCUT2D eigenvalue weighted by Crippen LogP contribution is 2.30. The van der Waals surface area contributed by atoms with Crippen molar-refractivity contribution in [3.63, 3.8) is 0 Å². The van der Waals surface area contributed by atoms with Gasteiger partial charge in [-0.3, -0.25) is 14.9 Å². The molecule has 0 aliphatic carbocycles. The molecule has 3 rings (SSSR count). The zero-order valence-electron chi connectivity index (χ0n) is 14.8. The summed E-state index contributed by atoms with van der Waals surface area (Å²) < 4.78 is 5.29. The lowest BCUT2D eigenvalue weighted by atomic mass is 10.1. The molecule has 0 radical (unpaired) electrons. The number of nitrogens with one attached hydrogen (secondary N) is 1. The summed E-state index contributed by atoms with van der Waals surface area (Å²) in [5, 5.41) is 14.3. The predicted molar refractivity (Wildman–Crippen MR) is 100.0 cm³/mol. The molecule has 1 aliphatic heterocycles. The van der Waals surface area contributed by atoms with Gasteiger partial charge in [0.05, 0.1) is 18.1 Å². The molecule has 1 heterocycles. The number of morpholine rings is 1. The minimum absolute atomic E-state index is 0.0693. The molecule has 2 aromatic rings. The molecule has 0 saturated carbocycles. The molecule has 1 fully saturated rings. The van der Waals surface area contributed by atoms with Crippen LogP contribution in [0.15, 0.2) is 36.4 Å². The van der Waals surface area contributed by atoms with E-state index >= 15 is 0 Å². The molecule has 0 atom stereocenters. The van der Waals surface area contributed by atoms with Crippen LogP contribution in [0.3, 0.4) is 0 Å². The molecule has 136 valence electrons. The van der Waals surface area contributed by atoms with Crippen molar-refractivity contribution in [2.24, 2.45) is 0 Å².